The molecule has 0 bridgehead atoms. The van der Waals surface area contributed by atoms with Crippen molar-refractivity contribution in [3.63, 3.8) is 0 Å². The molecular formula is C19H23ClN6O3. The van der Waals surface area contributed by atoms with Crippen LogP contribution in [0.25, 0.3) is 0 Å². The summed E-state index contributed by atoms with van der Waals surface area (Å²) in [5, 5.41) is 13.1. The molecule has 29 heavy (non-hydrogen) atoms. The number of urea groups is 1. The number of piperidine rings is 1. The smallest absolute Gasteiger partial charge is 0.324 e. The molecule has 4 rings (SSSR count). The minimum atomic E-state index is -0.401. The monoisotopic (exact) mass is 418 g/mol. The number of rotatable bonds is 5. The van der Waals surface area contributed by atoms with Crippen LogP contribution < -0.4 is 16.0 Å². The third kappa shape index (κ3) is 4.75. The minimum absolute atomic E-state index is 0. The van der Waals surface area contributed by atoms with Gasteiger partial charge < -0.3 is 16.0 Å². The van der Waals surface area contributed by atoms with Crippen LogP contribution in [0.5, 0.6) is 0 Å². The molecule has 0 radical (unpaired) electrons. The van der Waals surface area contributed by atoms with Crippen LogP contribution >= 0.6 is 12.4 Å². The number of benzene rings is 1. The second-order valence-corrected chi connectivity index (χ2v) is 6.97. The van der Waals surface area contributed by atoms with Crippen LogP contribution in [0.4, 0.5) is 10.5 Å². The van der Waals surface area contributed by atoms with Gasteiger partial charge in [-0.15, -0.1) is 12.4 Å². The molecule has 0 aliphatic carbocycles. The summed E-state index contributed by atoms with van der Waals surface area (Å²) in [4.78, 5) is 37.1. The summed E-state index contributed by atoms with van der Waals surface area (Å²) in [6, 6.07) is 8.66. The molecule has 2 aliphatic rings. The fourth-order valence-corrected chi connectivity index (χ4v) is 3.46. The van der Waals surface area contributed by atoms with Crippen molar-refractivity contribution in [1.82, 2.24) is 25.3 Å². The number of aromatic nitrogens is 2. The van der Waals surface area contributed by atoms with E-state index in [4.69, 9.17) is 0 Å². The Hall–Kier alpha value is -2.91. The van der Waals surface area contributed by atoms with Crippen molar-refractivity contribution < 1.29 is 14.4 Å². The Balaban J connectivity index is 0.00000240. The number of nitrogens with one attached hydrogen (secondary N) is 3. The average Bonchev–Trinajstić information content (AvgIpc) is 3.32. The van der Waals surface area contributed by atoms with Crippen molar-refractivity contribution in [2.45, 2.75) is 25.4 Å². The number of nitrogens with zero attached hydrogens (tertiary/aromatic N) is 3. The second-order valence-electron chi connectivity index (χ2n) is 6.97. The van der Waals surface area contributed by atoms with E-state index in [9.17, 15) is 14.4 Å². The molecule has 0 spiro atoms. The number of hydrogen-bond donors (Lipinski definition) is 3. The number of anilines is 1. The first-order valence-electron chi connectivity index (χ1n) is 9.34. The van der Waals surface area contributed by atoms with Crippen LogP contribution in [-0.2, 0) is 11.3 Å². The highest BCUT2D eigenvalue weighted by Gasteiger charge is 2.28. The van der Waals surface area contributed by atoms with E-state index in [1.165, 1.54) is 0 Å². The topological polar surface area (TPSA) is 108 Å². The summed E-state index contributed by atoms with van der Waals surface area (Å²) in [7, 11) is 0. The summed E-state index contributed by atoms with van der Waals surface area (Å²) in [5.74, 6) is -0.558. The zero-order chi connectivity index (χ0) is 19.5. The van der Waals surface area contributed by atoms with Crippen molar-refractivity contribution >= 4 is 35.9 Å². The highest BCUT2D eigenvalue weighted by Crippen LogP contribution is 2.17. The number of carbonyl (C=O) groups is 3. The van der Waals surface area contributed by atoms with Crippen molar-refractivity contribution in [2.75, 3.05) is 25.0 Å². The van der Waals surface area contributed by atoms with E-state index >= 15 is 0 Å². The van der Waals surface area contributed by atoms with Crippen molar-refractivity contribution in [2.24, 2.45) is 0 Å². The SMILES string of the molecule is Cl.O=C(Nc1cccc(CN2C(=O)CNC2=O)c1)c1ccn(C2CCCNC2)n1. The summed E-state index contributed by atoms with van der Waals surface area (Å²) in [6.07, 6.45) is 3.97. The van der Waals surface area contributed by atoms with Crippen LogP contribution in [0.15, 0.2) is 36.5 Å². The predicted octanol–water partition coefficient (Wildman–Crippen LogP) is 1.53. The molecule has 10 heteroatoms. The van der Waals surface area contributed by atoms with Gasteiger partial charge in [0, 0.05) is 18.4 Å². The second kappa shape index (κ2) is 9.06. The van der Waals surface area contributed by atoms with Crippen LogP contribution in [0.1, 0.15) is 34.9 Å². The van der Waals surface area contributed by atoms with Crippen LogP contribution in [-0.4, -0.2) is 52.2 Å². The molecule has 0 saturated carbocycles. The maximum Gasteiger partial charge on any atom is 0.324 e. The van der Waals surface area contributed by atoms with Gasteiger partial charge in [-0.1, -0.05) is 12.1 Å². The molecule has 2 saturated heterocycles. The van der Waals surface area contributed by atoms with Gasteiger partial charge in [0.2, 0.25) is 5.91 Å². The van der Waals surface area contributed by atoms with E-state index in [-0.39, 0.29) is 43.4 Å². The van der Waals surface area contributed by atoms with E-state index in [0.717, 1.165) is 36.4 Å². The zero-order valence-electron chi connectivity index (χ0n) is 15.8. The largest absolute Gasteiger partial charge is 0.329 e. The van der Waals surface area contributed by atoms with Gasteiger partial charge in [0.25, 0.3) is 5.91 Å². The summed E-state index contributed by atoms with van der Waals surface area (Å²) in [6.45, 7) is 2.06. The van der Waals surface area contributed by atoms with Gasteiger partial charge in [0.1, 0.15) is 0 Å². The first-order valence-corrected chi connectivity index (χ1v) is 9.34. The molecule has 1 unspecified atom stereocenters. The van der Waals surface area contributed by atoms with Gasteiger partial charge in [-0.05, 0) is 43.1 Å². The minimum Gasteiger partial charge on any atom is -0.329 e. The quantitative estimate of drug-likeness (QED) is 0.638. The molecule has 1 aromatic heterocycles. The van der Waals surface area contributed by atoms with E-state index in [0.29, 0.717) is 11.4 Å². The number of imide groups is 1. The number of hydrogen-bond acceptors (Lipinski definition) is 5. The lowest BCUT2D eigenvalue weighted by Gasteiger charge is -2.22. The standard InChI is InChI=1S/C19H22N6O3.ClH/c26-17-11-21-19(28)24(17)12-13-3-1-4-14(9-13)22-18(27)16-6-8-25(23-16)15-5-2-7-20-10-15;/h1,3-4,6,8-9,15,20H,2,5,7,10-12H2,(H,21,28)(H,22,27);1H. The fourth-order valence-electron chi connectivity index (χ4n) is 3.46. The lowest BCUT2D eigenvalue weighted by atomic mass is 10.1. The molecule has 1 aromatic carbocycles. The number of carbonyl (C=O) groups excluding carboxylic acids is 3. The van der Waals surface area contributed by atoms with E-state index in [1.54, 1.807) is 30.3 Å². The molecule has 2 aromatic rings. The highest BCUT2D eigenvalue weighted by atomic mass is 35.5. The van der Waals surface area contributed by atoms with E-state index in [2.05, 4.69) is 21.0 Å². The third-order valence-corrected chi connectivity index (χ3v) is 4.95. The van der Waals surface area contributed by atoms with Gasteiger partial charge in [0.15, 0.2) is 5.69 Å². The lowest BCUT2D eigenvalue weighted by molar-refractivity contribution is -0.125. The summed E-state index contributed by atoms with van der Waals surface area (Å²) in [5.41, 5.74) is 1.69. The highest BCUT2D eigenvalue weighted by molar-refractivity contribution is 6.03. The van der Waals surface area contributed by atoms with Gasteiger partial charge in [-0.25, -0.2) is 4.79 Å². The Morgan fingerprint density at radius 1 is 1.28 bits per heavy atom. The first-order chi connectivity index (χ1) is 13.6. The predicted molar refractivity (Wildman–Crippen MR) is 109 cm³/mol. The number of halogens is 1. The zero-order valence-corrected chi connectivity index (χ0v) is 16.6. The average molecular weight is 419 g/mol. The Kier molecular flexibility index (Phi) is 6.50. The molecular weight excluding hydrogens is 396 g/mol. The van der Waals surface area contributed by atoms with Gasteiger partial charge in [0.05, 0.1) is 19.1 Å². The van der Waals surface area contributed by atoms with Crippen LogP contribution in [0.3, 0.4) is 0 Å². The van der Waals surface area contributed by atoms with Gasteiger partial charge in [-0.3, -0.25) is 19.2 Å². The lowest BCUT2D eigenvalue weighted by Crippen LogP contribution is -2.32. The summed E-state index contributed by atoms with van der Waals surface area (Å²) >= 11 is 0. The van der Waals surface area contributed by atoms with Gasteiger partial charge >= 0.3 is 6.03 Å². The molecule has 3 heterocycles. The van der Waals surface area contributed by atoms with E-state index in [1.807, 2.05) is 10.9 Å². The van der Waals surface area contributed by atoms with Crippen molar-refractivity contribution in [3.8, 4) is 0 Å². The maximum absolute atomic E-state index is 12.5. The summed E-state index contributed by atoms with van der Waals surface area (Å²) < 4.78 is 1.84. The fraction of sp³-hybridized carbons (Fsp3) is 0.368. The van der Waals surface area contributed by atoms with Crippen molar-refractivity contribution in [3.05, 3.63) is 47.8 Å². The molecule has 9 nitrogen and oxygen atoms in total. The normalized spacial score (nSPS) is 18.9. The van der Waals surface area contributed by atoms with Gasteiger partial charge in [-0.2, -0.15) is 5.10 Å². The Bertz CT molecular complexity index is 893. The van der Waals surface area contributed by atoms with Crippen molar-refractivity contribution in [1.29, 1.82) is 0 Å². The van der Waals surface area contributed by atoms with E-state index < -0.39 is 6.03 Å². The number of amides is 4. The molecule has 4 amide bonds. The Morgan fingerprint density at radius 2 is 2.14 bits per heavy atom. The third-order valence-electron chi connectivity index (χ3n) is 4.95. The maximum atomic E-state index is 12.5. The first kappa shape index (κ1) is 20.8. The molecule has 3 N–H and O–H groups in total. The molecule has 1 atom stereocenters. The van der Waals surface area contributed by atoms with Crippen LogP contribution in [0, 0.1) is 0 Å². The molecule has 2 aliphatic heterocycles. The molecule has 154 valence electrons. The Labute approximate surface area is 174 Å². The van der Waals surface area contributed by atoms with Crippen LogP contribution in [0.2, 0.25) is 0 Å². The molecule has 2 fully saturated rings. The Morgan fingerprint density at radius 3 is 2.86 bits per heavy atom.